The van der Waals surface area contributed by atoms with Gasteiger partial charge in [-0.2, -0.15) is 11.8 Å². The zero-order valence-corrected chi connectivity index (χ0v) is 16.2. The van der Waals surface area contributed by atoms with Crippen molar-refractivity contribution in [1.29, 1.82) is 0 Å². The Hall–Kier alpha value is 0.310. The third-order valence-electron chi connectivity index (χ3n) is 5.76. The summed E-state index contributed by atoms with van der Waals surface area (Å²) in [6.45, 7) is 15.5. The Labute approximate surface area is 138 Å². The van der Waals surface area contributed by atoms with Crippen LogP contribution in [0.3, 0.4) is 0 Å². The van der Waals surface area contributed by atoms with E-state index in [1.807, 2.05) is 0 Å². The second kappa shape index (κ2) is 9.45. The number of nitrogens with one attached hydrogen (secondary N) is 1. The van der Waals surface area contributed by atoms with Crippen molar-refractivity contribution in [2.75, 3.05) is 12.3 Å². The molecule has 0 aromatic rings. The standard InChI is InChI=1S/C19H39NS/c1-7-12-20-17-11-10-16(19(5,6)9-3)13-18(17)21-14-15(4)8-2/h15-18,20H,7-14H2,1-6H3. The minimum absolute atomic E-state index is 0.519. The molecule has 0 aromatic heterocycles. The molecule has 0 bridgehead atoms. The average Bonchev–Trinajstić information content (AvgIpc) is 2.50. The molecule has 1 nitrogen and oxygen atoms in total. The predicted octanol–water partition coefficient (Wildman–Crippen LogP) is 5.74. The van der Waals surface area contributed by atoms with Gasteiger partial charge in [0.2, 0.25) is 0 Å². The molecule has 0 aliphatic heterocycles. The van der Waals surface area contributed by atoms with Crippen molar-refractivity contribution in [1.82, 2.24) is 5.32 Å². The fourth-order valence-corrected chi connectivity index (χ4v) is 4.93. The van der Waals surface area contributed by atoms with E-state index in [2.05, 4.69) is 58.6 Å². The summed E-state index contributed by atoms with van der Waals surface area (Å²) in [6.07, 6.45) is 8.10. The molecule has 0 saturated heterocycles. The summed E-state index contributed by atoms with van der Waals surface area (Å²) in [7, 11) is 0. The van der Waals surface area contributed by atoms with Gasteiger partial charge in [-0.25, -0.2) is 0 Å². The highest BCUT2D eigenvalue weighted by atomic mass is 32.2. The van der Waals surface area contributed by atoms with Crippen LogP contribution in [0.2, 0.25) is 0 Å². The summed E-state index contributed by atoms with van der Waals surface area (Å²) in [5.41, 5.74) is 0.519. The van der Waals surface area contributed by atoms with Crippen LogP contribution < -0.4 is 5.32 Å². The van der Waals surface area contributed by atoms with Crippen molar-refractivity contribution in [3.8, 4) is 0 Å². The molecule has 0 spiro atoms. The van der Waals surface area contributed by atoms with Crippen molar-refractivity contribution < 1.29 is 0 Å². The summed E-state index contributed by atoms with van der Waals surface area (Å²) in [5, 5.41) is 4.66. The first-order valence-corrected chi connectivity index (χ1v) is 10.3. The Morgan fingerprint density at radius 2 is 1.90 bits per heavy atom. The van der Waals surface area contributed by atoms with E-state index in [9.17, 15) is 0 Å². The zero-order valence-electron chi connectivity index (χ0n) is 15.4. The molecular weight excluding hydrogens is 274 g/mol. The van der Waals surface area contributed by atoms with E-state index >= 15 is 0 Å². The molecule has 1 fully saturated rings. The van der Waals surface area contributed by atoms with Crippen LogP contribution in [0.15, 0.2) is 0 Å². The fourth-order valence-electron chi connectivity index (χ4n) is 3.28. The molecule has 1 aliphatic carbocycles. The third kappa shape index (κ3) is 6.14. The average molecular weight is 314 g/mol. The highest BCUT2D eigenvalue weighted by Gasteiger charge is 2.37. The van der Waals surface area contributed by atoms with E-state index in [0.29, 0.717) is 5.41 Å². The Kier molecular flexibility index (Phi) is 8.71. The molecule has 0 radical (unpaired) electrons. The number of thioether (sulfide) groups is 1. The molecule has 1 aliphatic rings. The van der Waals surface area contributed by atoms with E-state index in [0.717, 1.165) is 23.1 Å². The van der Waals surface area contributed by atoms with Crippen LogP contribution in [0.5, 0.6) is 0 Å². The largest absolute Gasteiger partial charge is 0.313 e. The van der Waals surface area contributed by atoms with Gasteiger partial charge < -0.3 is 5.32 Å². The first-order valence-electron chi connectivity index (χ1n) is 9.29. The zero-order chi connectivity index (χ0) is 15.9. The van der Waals surface area contributed by atoms with E-state index in [1.165, 1.54) is 50.8 Å². The maximum atomic E-state index is 3.83. The molecule has 4 unspecified atom stereocenters. The predicted molar refractivity (Wildman–Crippen MR) is 99.2 cm³/mol. The van der Waals surface area contributed by atoms with Gasteiger partial charge >= 0.3 is 0 Å². The van der Waals surface area contributed by atoms with Gasteiger partial charge in [-0.1, -0.05) is 54.4 Å². The summed E-state index contributed by atoms with van der Waals surface area (Å²) in [4.78, 5) is 0. The van der Waals surface area contributed by atoms with Crippen LogP contribution in [-0.2, 0) is 0 Å². The van der Waals surface area contributed by atoms with Gasteiger partial charge in [0.15, 0.2) is 0 Å². The molecule has 1 rings (SSSR count). The second-order valence-electron chi connectivity index (χ2n) is 7.80. The second-order valence-corrected chi connectivity index (χ2v) is 9.07. The Morgan fingerprint density at radius 1 is 1.19 bits per heavy atom. The van der Waals surface area contributed by atoms with Gasteiger partial charge in [-0.05, 0) is 55.2 Å². The van der Waals surface area contributed by atoms with Gasteiger partial charge in [0.1, 0.15) is 0 Å². The first-order chi connectivity index (χ1) is 9.94. The lowest BCUT2D eigenvalue weighted by Crippen LogP contribution is -2.45. The molecule has 0 heterocycles. The van der Waals surface area contributed by atoms with E-state index in [1.54, 1.807) is 0 Å². The van der Waals surface area contributed by atoms with Crippen molar-refractivity contribution in [3.05, 3.63) is 0 Å². The molecule has 2 heteroatoms. The van der Waals surface area contributed by atoms with Crippen LogP contribution in [-0.4, -0.2) is 23.6 Å². The highest BCUT2D eigenvalue weighted by molar-refractivity contribution is 7.99. The van der Waals surface area contributed by atoms with Crippen molar-refractivity contribution in [3.63, 3.8) is 0 Å². The Balaban J connectivity index is 2.62. The highest BCUT2D eigenvalue weighted by Crippen LogP contribution is 2.43. The number of hydrogen-bond acceptors (Lipinski definition) is 2. The molecule has 1 N–H and O–H groups in total. The van der Waals surface area contributed by atoms with Gasteiger partial charge in [-0.15, -0.1) is 0 Å². The Morgan fingerprint density at radius 3 is 2.48 bits per heavy atom. The van der Waals surface area contributed by atoms with Gasteiger partial charge in [-0.3, -0.25) is 0 Å². The Bertz CT molecular complexity index is 277. The first kappa shape index (κ1) is 19.4. The smallest absolute Gasteiger partial charge is 0.0204 e. The molecule has 4 atom stereocenters. The maximum Gasteiger partial charge on any atom is 0.0204 e. The van der Waals surface area contributed by atoms with Crippen LogP contribution in [0.4, 0.5) is 0 Å². The van der Waals surface area contributed by atoms with Crippen molar-refractivity contribution in [2.24, 2.45) is 17.3 Å². The fraction of sp³-hybridized carbons (Fsp3) is 1.00. The van der Waals surface area contributed by atoms with E-state index in [4.69, 9.17) is 0 Å². The molecule has 126 valence electrons. The lowest BCUT2D eigenvalue weighted by molar-refractivity contribution is 0.141. The van der Waals surface area contributed by atoms with Gasteiger partial charge in [0, 0.05) is 11.3 Å². The molecular formula is C19H39NS. The molecule has 0 amide bonds. The normalized spacial score (nSPS) is 28.6. The topological polar surface area (TPSA) is 12.0 Å². The lowest BCUT2D eigenvalue weighted by atomic mass is 9.68. The van der Waals surface area contributed by atoms with E-state index in [-0.39, 0.29) is 0 Å². The maximum absolute atomic E-state index is 3.83. The van der Waals surface area contributed by atoms with Crippen LogP contribution in [0.25, 0.3) is 0 Å². The number of rotatable bonds is 9. The molecule has 1 saturated carbocycles. The van der Waals surface area contributed by atoms with Gasteiger partial charge in [0.25, 0.3) is 0 Å². The minimum Gasteiger partial charge on any atom is -0.313 e. The van der Waals surface area contributed by atoms with Crippen molar-refractivity contribution >= 4 is 11.8 Å². The summed E-state index contributed by atoms with van der Waals surface area (Å²) in [6, 6.07) is 0.753. The van der Waals surface area contributed by atoms with Crippen LogP contribution >= 0.6 is 11.8 Å². The quantitative estimate of drug-likeness (QED) is 0.582. The third-order valence-corrected chi connectivity index (χ3v) is 7.47. The van der Waals surface area contributed by atoms with Crippen LogP contribution in [0.1, 0.15) is 80.1 Å². The van der Waals surface area contributed by atoms with E-state index < -0.39 is 0 Å². The number of hydrogen-bond donors (Lipinski definition) is 1. The summed E-state index contributed by atoms with van der Waals surface area (Å²) in [5.74, 6) is 3.11. The summed E-state index contributed by atoms with van der Waals surface area (Å²) < 4.78 is 0. The minimum atomic E-state index is 0.519. The SMILES string of the molecule is CCCNC1CCC(C(C)(C)CC)CC1SCC(C)CC. The monoisotopic (exact) mass is 313 g/mol. The molecule has 0 aromatic carbocycles. The van der Waals surface area contributed by atoms with Crippen molar-refractivity contribution in [2.45, 2.75) is 91.4 Å². The van der Waals surface area contributed by atoms with Gasteiger partial charge in [0.05, 0.1) is 0 Å². The van der Waals surface area contributed by atoms with Crippen LogP contribution in [0, 0.1) is 17.3 Å². The lowest BCUT2D eigenvalue weighted by Gasteiger charge is -2.43. The summed E-state index contributed by atoms with van der Waals surface area (Å²) >= 11 is 2.26. The molecule has 21 heavy (non-hydrogen) atoms.